The molecule has 17 heavy (non-hydrogen) atoms. The van der Waals surface area contributed by atoms with E-state index in [2.05, 4.69) is 5.32 Å². The first kappa shape index (κ1) is 13.8. The SMILES string of the molecule is CC(C)(C)OC(=O)NC(CC(=O)O)C1(C)CC1. The van der Waals surface area contributed by atoms with E-state index >= 15 is 0 Å². The average Bonchev–Trinajstić information content (AvgIpc) is 2.79. The van der Waals surface area contributed by atoms with Crippen LogP contribution in [-0.4, -0.2) is 28.8 Å². The highest BCUT2D eigenvalue weighted by molar-refractivity contribution is 5.72. The number of carbonyl (C=O) groups excluding carboxylic acids is 1. The molecule has 1 saturated carbocycles. The van der Waals surface area contributed by atoms with Crippen molar-refractivity contribution in [3.05, 3.63) is 0 Å². The van der Waals surface area contributed by atoms with Gasteiger partial charge in [0.15, 0.2) is 0 Å². The van der Waals surface area contributed by atoms with E-state index in [1.165, 1.54) is 0 Å². The van der Waals surface area contributed by atoms with Crippen molar-refractivity contribution in [3.63, 3.8) is 0 Å². The summed E-state index contributed by atoms with van der Waals surface area (Å²) in [6.07, 6.45) is 1.29. The van der Waals surface area contributed by atoms with Crippen molar-refractivity contribution in [1.82, 2.24) is 5.32 Å². The summed E-state index contributed by atoms with van der Waals surface area (Å²) < 4.78 is 5.13. The molecule has 1 aliphatic rings. The van der Waals surface area contributed by atoms with Crippen LogP contribution in [0.2, 0.25) is 0 Å². The summed E-state index contributed by atoms with van der Waals surface area (Å²) in [4.78, 5) is 22.4. The first-order valence-corrected chi connectivity index (χ1v) is 5.84. The molecule has 1 amide bonds. The Kier molecular flexibility index (Phi) is 3.69. The predicted molar refractivity (Wildman–Crippen MR) is 62.8 cm³/mol. The van der Waals surface area contributed by atoms with Gasteiger partial charge in [0.1, 0.15) is 5.60 Å². The van der Waals surface area contributed by atoms with Crippen molar-refractivity contribution in [2.24, 2.45) is 5.41 Å². The van der Waals surface area contributed by atoms with Gasteiger partial charge < -0.3 is 15.2 Å². The number of hydrogen-bond acceptors (Lipinski definition) is 3. The van der Waals surface area contributed by atoms with E-state index in [1.807, 2.05) is 6.92 Å². The minimum absolute atomic E-state index is 0.0598. The molecule has 2 N–H and O–H groups in total. The number of ether oxygens (including phenoxy) is 1. The number of hydrogen-bond donors (Lipinski definition) is 2. The Labute approximate surface area is 102 Å². The third-order valence-electron chi connectivity index (χ3n) is 2.95. The Bertz CT molecular complexity index is 315. The summed E-state index contributed by atoms with van der Waals surface area (Å²) in [5.74, 6) is -0.904. The van der Waals surface area contributed by atoms with Crippen LogP contribution in [-0.2, 0) is 9.53 Å². The molecule has 0 aromatic rings. The van der Waals surface area contributed by atoms with Crippen LogP contribution in [0.25, 0.3) is 0 Å². The minimum Gasteiger partial charge on any atom is -0.481 e. The van der Waals surface area contributed by atoms with Crippen LogP contribution in [0.1, 0.15) is 47.0 Å². The molecule has 0 heterocycles. The Morgan fingerprint density at radius 3 is 2.29 bits per heavy atom. The fourth-order valence-electron chi connectivity index (χ4n) is 1.64. The number of rotatable bonds is 4. The topological polar surface area (TPSA) is 75.6 Å². The standard InChI is InChI=1S/C12H21NO4/c1-11(2,3)17-10(16)13-8(7-9(14)15)12(4)5-6-12/h8H,5-7H2,1-4H3,(H,13,16)(H,14,15). The van der Waals surface area contributed by atoms with Crippen LogP contribution in [0.15, 0.2) is 0 Å². The molecule has 0 aliphatic heterocycles. The monoisotopic (exact) mass is 243 g/mol. The maximum absolute atomic E-state index is 11.6. The molecule has 1 aliphatic carbocycles. The molecule has 1 unspecified atom stereocenters. The Morgan fingerprint density at radius 1 is 1.41 bits per heavy atom. The fraction of sp³-hybridized carbons (Fsp3) is 0.833. The molecule has 0 aromatic carbocycles. The average molecular weight is 243 g/mol. The second-order valence-corrected chi connectivity index (χ2v) is 5.95. The molecule has 1 atom stereocenters. The normalized spacial score (nSPS) is 19.3. The van der Waals surface area contributed by atoms with Gasteiger partial charge in [0.05, 0.1) is 6.42 Å². The van der Waals surface area contributed by atoms with E-state index in [-0.39, 0.29) is 17.9 Å². The van der Waals surface area contributed by atoms with E-state index in [1.54, 1.807) is 20.8 Å². The maximum Gasteiger partial charge on any atom is 0.407 e. The first-order chi connectivity index (χ1) is 7.62. The van der Waals surface area contributed by atoms with Crippen molar-refractivity contribution in [3.8, 4) is 0 Å². The third-order valence-corrected chi connectivity index (χ3v) is 2.95. The van der Waals surface area contributed by atoms with E-state index in [4.69, 9.17) is 9.84 Å². The van der Waals surface area contributed by atoms with Gasteiger partial charge in [-0.1, -0.05) is 6.92 Å². The molecular weight excluding hydrogens is 222 g/mol. The zero-order chi connectivity index (χ0) is 13.3. The van der Waals surface area contributed by atoms with Crippen LogP contribution in [0.4, 0.5) is 4.79 Å². The summed E-state index contributed by atoms with van der Waals surface area (Å²) in [5, 5.41) is 11.5. The number of carboxylic acids is 1. The first-order valence-electron chi connectivity index (χ1n) is 5.84. The van der Waals surface area contributed by atoms with Gasteiger partial charge in [-0.3, -0.25) is 4.79 Å². The lowest BCUT2D eigenvalue weighted by atomic mass is 9.96. The Morgan fingerprint density at radius 2 is 1.94 bits per heavy atom. The number of alkyl carbamates (subject to hydrolysis) is 1. The van der Waals surface area contributed by atoms with Crippen molar-refractivity contribution >= 4 is 12.1 Å². The zero-order valence-electron chi connectivity index (χ0n) is 10.9. The lowest BCUT2D eigenvalue weighted by Gasteiger charge is -2.26. The second kappa shape index (κ2) is 4.55. The van der Waals surface area contributed by atoms with Crippen LogP contribution in [0, 0.1) is 5.41 Å². The smallest absolute Gasteiger partial charge is 0.407 e. The van der Waals surface area contributed by atoms with E-state index < -0.39 is 17.7 Å². The number of amides is 1. The van der Waals surface area contributed by atoms with E-state index in [0.29, 0.717) is 0 Å². The van der Waals surface area contributed by atoms with Gasteiger partial charge in [-0.25, -0.2) is 4.79 Å². The van der Waals surface area contributed by atoms with Crippen LogP contribution >= 0.6 is 0 Å². The van der Waals surface area contributed by atoms with Crippen LogP contribution < -0.4 is 5.32 Å². The minimum atomic E-state index is -0.904. The van der Waals surface area contributed by atoms with Crippen LogP contribution in [0.5, 0.6) is 0 Å². The van der Waals surface area contributed by atoms with Gasteiger partial charge in [-0.05, 0) is 39.0 Å². The molecule has 0 bridgehead atoms. The summed E-state index contributed by atoms with van der Waals surface area (Å²) in [6.45, 7) is 7.31. The maximum atomic E-state index is 11.6. The van der Waals surface area contributed by atoms with Crippen molar-refractivity contribution in [2.75, 3.05) is 0 Å². The Hall–Kier alpha value is -1.26. The fourth-order valence-corrected chi connectivity index (χ4v) is 1.64. The summed E-state index contributed by atoms with van der Waals surface area (Å²) >= 11 is 0. The lowest BCUT2D eigenvalue weighted by Crippen LogP contribution is -2.44. The highest BCUT2D eigenvalue weighted by Crippen LogP contribution is 2.49. The predicted octanol–water partition coefficient (Wildman–Crippen LogP) is 2.15. The van der Waals surface area contributed by atoms with E-state index in [0.717, 1.165) is 12.8 Å². The van der Waals surface area contributed by atoms with E-state index in [9.17, 15) is 9.59 Å². The Balaban J connectivity index is 2.55. The molecule has 0 aromatic heterocycles. The number of aliphatic carboxylic acids is 1. The molecule has 0 spiro atoms. The van der Waals surface area contributed by atoms with Gasteiger partial charge in [0.2, 0.25) is 0 Å². The molecule has 1 rings (SSSR count). The number of carbonyl (C=O) groups is 2. The number of carboxylic acid groups (broad SMARTS) is 1. The quantitative estimate of drug-likeness (QED) is 0.793. The molecule has 0 saturated heterocycles. The largest absolute Gasteiger partial charge is 0.481 e. The van der Waals surface area contributed by atoms with Gasteiger partial charge in [-0.2, -0.15) is 0 Å². The molecule has 98 valence electrons. The molecule has 5 heteroatoms. The lowest BCUT2D eigenvalue weighted by molar-refractivity contribution is -0.137. The number of nitrogens with one attached hydrogen (secondary N) is 1. The highest BCUT2D eigenvalue weighted by atomic mass is 16.6. The van der Waals surface area contributed by atoms with Crippen LogP contribution in [0.3, 0.4) is 0 Å². The van der Waals surface area contributed by atoms with Crippen molar-refractivity contribution in [1.29, 1.82) is 0 Å². The molecule has 0 radical (unpaired) electrons. The summed E-state index contributed by atoms with van der Waals surface area (Å²) in [5.41, 5.74) is -0.655. The molecular formula is C12H21NO4. The molecule has 1 fully saturated rings. The summed E-state index contributed by atoms with van der Waals surface area (Å²) in [6, 6.07) is -0.352. The zero-order valence-corrected chi connectivity index (χ0v) is 10.9. The van der Waals surface area contributed by atoms with Crippen molar-refractivity contribution in [2.45, 2.75) is 58.6 Å². The summed E-state index contributed by atoms with van der Waals surface area (Å²) in [7, 11) is 0. The van der Waals surface area contributed by atoms with Gasteiger partial charge in [0, 0.05) is 6.04 Å². The van der Waals surface area contributed by atoms with Gasteiger partial charge >= 0.3 is 12.1 Å². The molecule has 5 nitrogen and oxygen atoms in total. The second-order valence-electron chi connectivity index (χ2n) is 5.95. The highest BCUT2D eigenvalue weighted by Gasteiger charge is 2.46. The van der Waals surface area contributed by atoms with Gasteiger partial charge in [0.25, 0.3) is 0 Å². The third kappa shape index (κ3) is 4.63. The van der Waals surface area contributed by atoms with Gasteiger partial charge in [-0.15, -0.1) is 0 Å². The van der Waals surface area contributed by atoms with Crippen molar-refractivity contribution < 1.29 is 19.4 Å².